The molecule has 0 radical (unpaired) electrons. The number of urea groups is 1. The van der Waals surface area contributed by atoms with Gasteiger partial charge in [0.05, 0.1) is 0 Å². The molecule has 7 heteroatoms. The molecule has 1 aliphatic heterocycles. The SMILES string of the molecule is CSCCC(C(=O)O)N1C(=O)C(C(C)C)N(Cc2cccc3ccccc23)C1=O. The average Bonchev–Trinajstić information content (AvgIpc) is 2.93. The Balaban J connectivity index is 1.97. The molecule has 154 valence electrons. The molecule has 1 aliphatic rings. The summed E-state index contributed by atoms with van der Waals surface area (Å²) in [5.41, 5.74) is 0.938. The summed E-state index contributed by atoms with van der Waals surface area (Å²) in [7, 11) is 0. The molecule has 0 bridgehead atoms. The second-order valence-corrected chi connectivity index (χ2v) is 8.57. The van der Waals surface area contributed by atoms with Crippen LogP contribution in [-0.2, 0) is 16.1 Å². The summed E-state index contributed by atoms with van der Waals surface area (Å²) in [6, 6.07) is 11.5. The molecule has 2 aromatic carbocycles. The van der Waals surface area contributed by atoms with Crippen LogP contribution in [0.1, 0.15) is 25.8 Å². The van der Waals surface area contributed by atoms with Crippen molar-refractivity contribution in [2.75, 3.05) is 12.0 Å². The van der Waals surface area contributed by atoms with E-state index in [4.69, 9.17) is 0 Å². The third-order valence-electron chi connectivity index (χ3n) is 5.32. The van der Waals surface area contributed by atoms with Gasteiger partial charge in [0, 0.05) is 6.54 Å². The molecular weight excluding hydrogens is 388 g/mol. The van der Waals surface area contributed by atoms with Crippen LogP contribution in [0.15, 0.2) is 42.5 Å². The summed E-state index contributed by atoms with van der Waals surface area (Å²) in [4.78, 5) is 40.7. The molecule has 2 aromatic rings. The molecule has 0 spiro atoms. The Hall–Kier alpha value is -2.54. The minimum Gasteiger partial charge on any atom is -0.480 e. The summed E-state index contributed by atoms with van der Waals surface area (Å²) in [5.74, 6) is -1.13. The number of carboxylic acid groups (broad SMARTS) is 1. The average molecular weight is 415 g/mol. The van der Waals surface area contributed by atoms with Crippen LogP contribution in [0, 0.1) is 5.92 Å². The van der Waals surface area contributed by atoms with Gasteiger partial charge in [-0.2, -0.15) is 11.8 Å². The van der Waals surface area contributed by atoms with Crippen LogP contribution >= 0.6 is 11.8 Å². The maximum absolute atomic E-state index is 13.2. The van der Waals surface area contributed by atoms with Crippen LogP contribution in [0.3, 0.4) is 0 Å². The Morgan fingerprint density at radius 3 is 2.48 bits per heavy atom. The summed E-state index contributed by atoms with van der Waals surface area (Å²) in [6.07, 6.45) is 2.11. The van der Waals surface area contributed by atoms with Crippen LogP contribution < -0.4 is 0 Å². The van der Waals surface area contributed by atoms with Crippen molar-refractivity contribution < 1.29 is 19.5 Å². The molecular formula is C22H26N2O4S. The highest BCUT2D eigenvalue weighted by atomic mass is 32.2. The molecule has 2 atom stereocenters. The number of carbonyl (C=O) groups is 3. The molecule has 0 saturated carbocycles. The van der Waals surface area contributed by atoms with Crippen molar-refractivity contribution in [2.45, 2.75) is 38.9 Å². The quantitative estimate of drug-likeness (QED) is 0.664. The standard InChI is InChI=1S/C22H26N2O4S/c1-14(2)19-20(25)24(18(21(26)27)11-12-29-3)22(28)23(19)13-16-9-6-8-15-7-4-5-10-17(15)16/h4-10,14,18-19H,11-13H2,1-3H3,(H,26,27). The summed E-state index contributed by atoms with van der Waals surface area (Å²) < 4.78 is 0. The van der Waals surface area contributed by atoms with Gasteiger partial charge in [-0.25, -0.2) is 14.5 Å². The Morgan fingerprint density at radius 2 is 1.83 bits per heavy atom. The second-order valence-electron chi connectivity index (χ2n) is 7.58. The first kappa shape index (κ1) is 21.2. The van der Waals surface area contributed by atoms with E-state index in [9.17, 15) is 19.5 Å². The van der Waals surface area contributed by atoms with Gasteiger partial charge in [0.2, 0.25) is 0 Å². The van der Waals surface area contributed by atoms with Crippen molar-refractivity contribution in [2.24, 2.45) is 5.92 Å². The van der Waals surface area contributed by atoms with Gasteiger partial charge in [-0.05, 0) is 40.7 Å². The Kier molecular flexibility index (Phi) is 6.47. The van der Waals surface area contributed by atoms with Crippen LogP contribution in [0.4, 0.5) is 4.79 Å². The first-order chi connectivity index (χ1) is 13.9. The number of carboxylic acids is 1. The van der Waals surface area contributed by atoms with Gasteiger partial charge in [0.1, 0.15) is 12.1 Å². The molecule has 1 saturated heterocycles. The van der Waals surface area contributed by atoms with E-state index < -0.39 is 30.0 Å². The number of carbonyl (C=O) groups excluding carboxylic acids is 2. The maximum atomic E-state index is 13.2. The minimum atomic E-state index is -1.14. The molecule has 3 amide bonds. The topological polar surface area (TPSA) is 77.9 Å². The normalized spacial score (nSPS) is 18.1. The number of aliphatic carboxylic acids is 1. The highest BCUT2D eigenvalue weighted by Crippen LogP contribution is 2.30. The molecule has 0 aliphatic carbocycles. The number of hydrogen-bond donors (Lipinski definition) is 1. The fourth-order valence-electron chi connectivity index (χ4n) is 3.93. The van der Waals surface area contributed by atoms with E-state index in [1.807, 2.05) is 62.6 Å². The first-order valence-electron chi connectivity index (χ1n) is 9.68. The molecule has 0 aromatic heterocycles. The van der Waals surface area contributed by atoms with Crippen molar-refractivity contribution in [1.29, 1.82) is 0 Å². The molecule has 1 heterocycles. The molecule has 3 rings (SSSR count). The van der Waals surface area contributed by atoms with Gasteiger partial charge in [-0.3, -0.25) is 4.79 Å². The third-order valence-corrected chi connectivity index (χ3v) is 5.97. The number of thioether (sulfide) groups is 1. The Labute approximate surface area is 174 Å². The lowest BCUT2D eigenvalue weighted by Crippen LogP contribution is -2.46. The van der Waals surface area contributed by atoms with Crippen LogP contribution in [-0.4, -0.2) is 56.9 Å². The zero-order valence-electron chi connectivity index (χ0n) is 16.9. The third kappa shape index (κ3) is 4.10. The van der Waals surface area contributed by atoms with Crippen molar-refractivity contribution in [3.63, 3.8) is 0 Å². The van der Waals surface area contributed by atoms with Gasteiger partial charge in [-0.1, -0.05) is 56.3 Å². The Morgan fingerprint density at radius 1 is 1.14 bits per heavy atom. The number of amides is 3. The number of rotatable bonds is 8. The Bertz CT molecular complexity index is 925. The van der Waals surface area contributed by atoms with E-state index in [1.54, 1.807) is 0 Å². The highest BCUT2D eigenvalue weighted by molar-refractivity contribution is 7.98. The van der Waals surface area contributed by atoms with Crippen molar-refractivity contribution in [3.05, 3.63) is 48.0 Å². The van der Waals surface area contributed by atoms with Crippen molar-refractivity contribution >= 4 is 40.4 Å². The molecule has 6 nitrogen and oxygen atoms in total. The summed E-state index contributed by atoms with van der Waals surface area (Å²) >= 11 is 1.49. The van der Waals surface area contributed by atoms with Crippen molar-refractivity contribution in [1.82, 2.24) is 9.80 Å². The fraction of sp³-hybridized carbons (Fsp3) is 0.409. The molecule has 1 fully saturated rings. The zero-order valence-corrected chi connectivity index (χ0v) is 17.7. The van der Waals surface area contributed by atoms with E-state index in [0.29, 0.717) is 5.75 Å². The summed E-state index contributed by atoms with van der Waals surface area (Å²) in [5, 5.41) is 11.7. The van der Waals surface area contributed by atoms with Gasteiger partial charge >= 0.3 is 12.0 Å². The second kappa shape index (κ2) is 8.86. The molecule has 1 N–H and O–H groups in total. The van der Waals surface area contributed by atoms with E-state index in [1.165, 1.54) is 16.7 Å². The van der Waals surface area contributed by atoms with Gasteiger partial charge < -0.3 is 10.0 Å². The number of hydrogen-bond acceptors (Lipinski definition) is 4. The highest BCUT2D eigenvalue weighted by Gasteiger charge is 2.50. The van der Waals surface area contributed by atoms with E-state index in [-0.39, 0.29) is 18.9 Å². The van der Waals surface area contributed by atoms with Crippen molar-refractivity contribution in [3.8, 4) is 0 Å². The largest absolute Gasteiger partial charge is 0.480 e. The van der Waals surface area contributed by atoms with Gasteiger partial charge in [-0.15, -0.1) is 0 Å². The number of nitrogens with zero attached hydrogens (tertiary/aromatic N) is 2. The smallest absolute Gasteiger partial charge is 0.328 e. The molecule has 2 unspecified atom stereocenters. The number of imide groups is 1. The van der Waals surface area contributed by atoms with Gasteiger partial charge in [0.25, 0.3) is 5.91 Å². The lowest BCUT2D eigenvalue weighted by atomic mass is 10.0. The fourth-order valence-corrected chi connectivity index (χ4v) is 4.39. The first-order valence-corrected chi connectivity index (χ1v) is 11.1. The number of fused-ring (bicyclic) bond motifs is 1. The lowest BCUT2D eigenvalue weighted by Gasteiger charge is -2.25. The molecule has 29 heavy (non-hydrogen) atoms. The number of benzene rings is 2. The minimum absolute atomic E-state index is 0.124. The van der Waals surface area contributed by atoms with Crippen LogP contribution in [0.2, 0.25) is 0 Å². The maximum Gasteiger partial charge on any atom is 0.328 e. The monoisotopic (exact) mass is 414 g/mol. The lowest BCUT2D eigenvalue weighted by molar-refractivity contribution is -0.147. The predicted molar refractivity (Wildman–Crippen MR) is 115 cm³/mol. The van der Waals surface area contributed by atoms with Crippen LogP contribution in [0.5, 0.6) is 0 Å². The zero-order chi connectivity index (χ0) is 21.1. The summed E-state index contributed by atoms with van der Waals surface area (Å²) in [6.45, 7) is 4.03. The van der Waals surface area contributed by atoms with E-state index in [2.05, 4.69) is 0 Å². The van der Waals surface area contributed by atoms with E-state index >= 15 is 0 Å². The van der Waals surface area contributed by atoms with Gasteiger partial charge in [0.15, 0.2) is 0 Å². The van der Waals surface area contributed by atoms with E-state index in [0.717, 1.165) is 21.2 Å². The van der Waals surface area contributed by atoms with Crippen LogP contribution in [0.25, 0.3) is 10.8 Å². The predicted octanol–water partition coefficient (Wildman–Crippen LogP) is 3.83.